The Hall–Kier alpha value is -5.49. The molecule has 4 heterocycles. The second kappa shape index (κ2) is 10.0. The Labute approximate surface area is 229 Å². The van der Waals surface area contributed by atoms with E-state index in [0.29, 0.717) is 50.3 Å². The molecule has 0 fully saturated rings. The molecular formula is C31H24N6O3. The fourth-order valence-electron chi connectivity index (χ4n) is 4.77. The van der Waals surface area contributed by atoms with Gasteiger partial charge in [0.1, 0.15) is 16.9 Å². The number of aromatic nitrogens is 5. The Kier molecular flexibility index (Phi) is 6.21. The molecule has 1 N–H and O–H groups in total. The number of hydrogen-bond acceptors (Lipinski definition) is 6. The third-order valence-electron chi connectivity index (χ3n) is 6.59. The van der Waals surface area contributed by atoms with Crippen molar-refractivity contribution >= 4 is 22.5 Å². The van der Waals surface area contributed by atoms with Gasteiger partial charge in [0, 0.05) is 31.2 Å². The number of benzene rings is 2. The highest BCUT2D eigenvalue weighted by molar-refractivity contribution is 6.01. The van der Waals surface area contributed by atoms with Gasteiger partial charge >= 0.3 is 0 Å². The third kappa shape index (κ3) is 4.41. The zero-order chi connectivity index (χ0) is 27.8. The van der Waals surface area contributed by atoms with Crippen molar-refractivity contribution in [1.82, 2.24) is 29.7 Å². The Morgan fingerprint density at radius 3 is 2.67 bits per heavy atom. The van der Waals surface area contributed by atoms with E-state index in [1.165, 1.54) is 0 Å². The number of nitrogens with zero attached hydrogens (tertiary/aromatic N) is 5. The highest BCUT2D eigenvalue weighted by atomic mass is 16.3. The molecular weight excluding hydrogens is 504 g/mol. The predicted molar refractivity (Wildman–Crippen MR) is 151 cm³/mol. The minimum absolute atomic E-state index is 0.228. The average molecular weight is 529 g/mol. The normalized spacial score (nSPS) is 11.8. The highest BCUT2D eigenvalue weighted by Gasteiger charge is 2.26. The molecule has 9 nitrogen and oxygen atoms in total. The van der Waals surface area contributed by atoms with Gasteiger partial charge in [-0.25, -0.2) is 9.50 Å². The predicted octanol–water partition coefficient (Wildman–Crippen LogP) is 4.44. The van der Waals surface area contributed by atoms with Crippen LogP contribution in [0, 0.1) is 18.8 Å². The van der Waals surface area contributed by atoms with Crippen LogP contribution in [0.3, 0.4) is 0 Å². The monoisotopic (exact) mass is 528 g/mol. The molecule has 1 unspecified atom stereocenters. The molecule has 0 saturated carbocycles. The van der Waals surface area contributed by atoms with Crippen molar-refractivity contribution in [3.63, 3.8) is 0 Å². The van der Waals surface area contributed by atoms with Crippen molar-refractivity contribution in [2.24, 2.45) is 7.05 Å². The molecule has 6 aromatic rings. The van der Waals surface area contributed by atoms with E-state index in [1.54, 1.807) is 72.1 Å². The van der Waals surface area contributed by atoms with Crippen molar-refractivity contribution in [2.45, 2.75) is 19.9 Å². The van der Waals surface area contributed by atoms with Gasteiger partial charge in [0.15, 0.2) is 5.65 Å². The van der Waals surface area contributed by atoms with Crippen molar-refractivity contribution in [3.8, 4) is 23.0 Å². The molecule has 0 aliphatic heterocycles. The first-order valence-corrected chi connectivity index (χ1v) is 12.7. The van der Waals surface area contributed by atoms with E-state index in [4.69, 9.17) is 4.42 Å². The number of carbonyl (C=O) groups excluding carboxylic acids is 1. The van der Waals surface area contributed by atoms with Gasteiger partial charge in [-0.2, -0.15) is 10.2 Å². The van der Waals surface area contributed by atoms with Crippen LogP contribution in [0.5, 0.6) is 0 Å². The zero-order valence-corrected chi connectivity index (χ0v) is 22.0. The topological polar surface area (TPSA) is 107 Å². The first-order chi connectivity index (χ1) is 19.4. The van der Waals surface area contributed by atoms with Gasteiger partial charge in [0.25, 0.3) is 5.91 Å². The van der Waals surface area contributed by atoms with E-state index in [0.717, 1.165) is 5.56 Å². The Morgan fingerprint density at radius 1 is 1.07 bits per heavy atom. The molecule has 196 valence electrons. The number of rotatable bonds is 4. The standard InChI is InChI=1S/C31H24N6O3/c1-19-25(30-32-15-8-16-37(30)35-19)31(39)34-20(2)29-27(22-9-5-4-6-10-22)28(38)26-23(11-7-12-24(26)40-29)14-13-21-17-33-36(3)18-21/h4-12,15-18,20H,1-3H3,(H,34,39). The fourth-order valence-corrected chi connectivity index (χ4v) is 4.77. The van der Waals surface area contributed by atoms with Gasteiger partial charge < -0.3 is 9.73 Å². The fraction of sp³-hybridized carbons (Fsp3) is 0.129. The molecule has 2 aromatic carbocycles. The van der Waals surface area contributed by atoms with Gasteiger partial charge in [-0.05, 0) is 37.6 Å². The molecule has 9 heteroatoms. The van der Waals surface area contributed by atoms with Crippen molar-refractivity contribution in [1.29, 1.82) is 0 Å². The minimum Gasteiger partial charge on any atom is -0.458 e. The maximum Gasteiger partial charge on any atom is 0.257 e. The van der Waals surface area contributed by atoms with E-state index < -0.39 is 6.04 Å². The molecule has 6 rings (SSSR count). The molecule has 1 atom stereocenters. The van der Waals surface area contributed by atoms with Crippen molar-refractivity contribution in [3.05, 3.63) is 118 Å². The molecule has 0 aliphatic rings. The average Bonchev–Trinajstić information content (AvgIpc) is 3.53. The van der Waals surface area contributed by atoms with Crippen LogP contribution in [-0.4, -0.2) is 30.3 Å². The first-order valence-electron chi connectivity index (χ1n) is 12.7. The zero-order valence-electron chi connectivity index (χ0n) is 22.0. The van der Waals surface area contributed by atoms with Crippen LogP contribution in [0.1, 0.15) is 45.9 Å². The molecule has 0 radical (unpaired) electrons. The molecule has 0 spiro atoms. The highest BCUT2D eigenvalue weighted by Crippen LogP contribution is 2.30. The summed E-state index contributed by atoms with van der Waals surface area (Å²) in [7, 11) is 1.82. The van der Waals surface area contributed by atoms with Crippen LogP contribution in [0.4, 0.5) is 0 Å². The van der Waals surface area contributed by atoms with Crippen LogP contribution in [0.25, 0.3) is 27.7 Å². The van der Waals surface area contributed by atoms with Crippen molar-refractivity contribution in [2.75, 3.05) is 0 Å². The van der Waals surface area contributed by atoms with Crippen molar-refractivity contribution < 1.29 is 9.21 Å². The van der Waals surface area contributed by atoms with Crippen LogP contribution < -0.4 is 10.7 Å². The lowest BCUT2D eigenvalue weighted by atomic mass is 9.97. The minimum atomic E-state index is -0.650. The lowest BCUT2D eigenvalue weighted by molar-refractivity contribution is 0.0936. The first kappa shape index (κ1) is 24.8. The summed E-state index contributed by atoms with van der Waals surface area (Å²) in [5.41, 5.74) is 3.84. The van der Waals surface area contributed by atoms with Gasteiger partial charge in [0.05, 0.1) is 34.4 Å². The number of hydrogen-bond donors (Lipinski definition) is 1. The van der Waals surface area contributed by atoms with E-state index in [9.17, 15) is 9.59 Å². The Morgan fingerprint density at radius 2 is 1.90 bits per heavy atom. The third-order valence-corrected chi connectivity index (χ3v) is 6.59. The van der Waals surface area contributed by atoms with E-state index in [2.05, 4.69) is 32.3 Å². The second-order valence-corrected chi connectivity index (χ2v) is 9.41. The molecule has 0 aliphatic carbocycles. The Balaban J connectivity index is 1.48. The van der Waals surface area contributed by atoms with E-state index in [-0.39, 0.29) is 11.3 Å². The summed E-state index contributed by atoms with van der Waals surface area (Å²) in [5, 5.41) is 11.9. The maximum atomic E-state index is 14.2. The number of nitrogens with one attached hydrogen (secondary N) is 1. The van der Waals surface area contributed by atoms with Gasteiger partial charge in [-0.3, -0.25) is 14.3 Å². The van der Waals surface area contributed by atoms with Crippen LogP contribution in [0.2, 0.25) is 0 Å². The second-order valence-electron chi connectivity index (χ2n) is 9.41. The van der Waals surface area contributed by atoms with Crippen LogP contribution in [0.15, 0.2) is 88.6 Å². The largest absolute Gasteiger partial charge is 0.458 e. The van der Waals surface area contributed by atoms with Gasteiger partial charge in [-0.1, -0.05) is 48.2 Å². The molecule has 1 amide bonds. The summed E-state index contributed by atoms with van der Waals surface area (Å²) in [6.45, 7) is 3.54. The van der Waals surface area contributed by atoms with Gasteiger partial charge in [-0.15, -0.1) is 0 Å². The molecule has 0 bridgehead atoms. The molecule has 40 heavy (non-hydrogen) atoms. The van der Waals surface area contributed by atoms with E-state index in [1.807, 2.05) is 37.4 Å². The van der Waals surface area contributed by atoms with Gasteiger partial charge in [0.2, 0.25) is 5.43 Å². The maximum absolute atomic E-state index is 14.2. The number of carbonyl (C=O) groups is 1. The lowest BCUT2D eigenvalue weighted by Crippen LogP contribution is -2.28. The van der Waals surface area contributed by atoms with Crippen LogP contribution >= 0.6 is 0 Å². The quantitative estimate of drug-likeness (QED) is 0.339. The molecule has 4 aromatic heterocycles. The Bertz CT molecular complexity index is 2030. The molecule has 0 saturated heterocycles. The number of amides is 1. The summed E-state index contributed by atoms with van der Waals surface area (Å²) in [6.07, 6.45) is 6.82. The summed E-state index contributed by atoms with van der Waals surface area (Å²) >= 11 is 0. The van der Waals surface area contributed by atoms with E-state index >= 15 is 0 Å². The summed E-state index contributed by atoms with van der Waals surface area (Å²) in [6, 6.07) is 15.7. The number of aryl methyl sites for hydroxylation is 2. The smallest absolute Gasteiger partial charge is 0.257 e. The van der Waals surface area contributed by atoms with Crippen LogP contribution in [-0.2, 0) is 7.05 Å². The summed E-state index contributed by atoms with van der Waals surface area (Å²) in [5.74, 6) is 6.16. The SMILES string of the molecule is Cc1nn2cccnc2c1C(=O)NC(C)c1oc2cccc(C#Cc3cnn(C)c3)c2c(=O)c1-c1ccccc1. The summed E-state index contributed by atoms with van der Waals surface area (Å²) in [4.78, 5) is 31.9. The number of fused-ring (bicyclic) bond motifs is 2. The lowest BCUT2D eigenvalue weighted by Gasteiger charge is -2.18. The summed E-state index contributed by atoms with van der Waals surface area (Å²) < 4.78 is 9.62.